The number of benzene rings is 1. The van der Waals surface area contributed by atoms with Gasteiger partial charge in [0.15, 0.2) is 11.4 Å². The first kappa shape index (κ1) is 25.0. The molecule has 1 unspecified atom stereocenters. The second kappa shape index (κ2) is 9.34. The Morgan fingerprint density at radius 2 is 1.92 bits per heavy atom. The minimum atomic E-state index is -4.62. The Hall–Kier alpha value is -3.64. The van der Waals surface area contributed by atoms with Gasteiger partial charge in [0.05, 0.1) is 30.5 Å². The first-order valence-corrected chi connectivity index (χ1v) is 11.9. The summed E-state index contributed by atoms with van der Waals surface area (Å²) in [6.45, 7) is 5.50. The number of imidazole rings is 1. The van der Waals surface area contributed by atoms with E-state index in [1.807, 2.05) is 24.8 Å². The van der Waals surface area contributed by atoms with Gasteiger partial charge in [-0.15, -0.1) is 0 Å². The van der Waals surface area contributed by atoms with Gasteiger partial charge in [-0.2, -0.15) is 13.2 Å². The third-order valence-corrected chi connectivity index (χ3v) is 6.39. The van der Waals surface area contributed by atoms with Gasteiger partial charge < -0.3 is 20.7 Å². The van der Waals surface area contributed by atoms with Gasteiger partial charge in [0.25, 0.3) is 5.91 Å². The first-order chi connectivity index (χ1) is 17.5. The van der Waals surface area contributed by atoms with Gasteiger partial charge in [0, 0.05) is 30.2 Å². The summed E-state index contributed by atoms with van der Waals surface area (Å²) in [5.41, 5.74) is 6.98. The maximum Gasteiger partial charge on any atom is 0.434 e. The van der Waals surface area contributed by atoms with E-state index in [2.05, 4.69) is 15.3 Å². The van der Waals surface area contributed by atoms with Crippen molar-refractivity contribution >= 4 is 45.7 Å². The lowest BCUT2D eigenvalue weighted by molar-refractivity contribution is -0.140. The number of nitrogens with two attached hydrogens (primary N) is 1. The van der Waals surface area contributed by atoms with Crippen molar-refractivity contribution in [2.24, 2.45) is 5.73 Å². The number of alkyl halides is 3. The molecule has 3 N–H and O–H groups in total. The molecule has 1 aromatic carbocycles. The van der Waals surface area contributed by atoms with Gasteiger partial charge in [0.2, 0.25) is 5.95 Å². The summed E-state index contributed by atoms with van der Waals surface area (Å²) in [5, 5.41) is 3.82. The van der Waals surface area contributed by atoms with Crippen molar-refractivity contribution in [3.8, 4) is 0 Å². The number of nitrogens with zero attached hydrogens (tertiary/aromatic N) is 5. The first-order valence-electron chi connectivity index (χ1n) is 11.5. The van der Waals surface area contributed by atoms with Crippen LogP contribution in [0.4, 0.5) is 24.8 Å². The Morgan fingerprint density at radius 3 is 2.59 bits per heavy atom. The van der Waals surface area contributed by atoms with E-state index in [0.29, 0.717) is 54.4 Å². The molecule has 4 aromatic rings. The number of halogens is 4. The van der Waals surface area contributed by atoms with Gasteiger partial charge in [-0.1, -0.05) is 17.7 Å². The van der Waals surface area contributed by atoms with Crippen molar-refractivity contribution in [3.05, 3.63) is 58.1 Å². The minimum Gasteiger partial charge on any atom is -0.378 e. The van der Waals surface area contributed by atoms with Crippen LogP contribution in [0.1, 0.15) is 40.3 Å². The Bertz CT molecular complexity index is 1520. The summed E-state index contributed by atoms with van der Waals surface area (Å²) in [7, 11) is 0. The number of nitrogens with one attached hydrogen (secondary N) is 1. The molecule has 9 nitrogen and oxygen atoms in total. The lowest BCUT2D eigenvalue weighted by Gasteiger charge is -2.29. The van der Waals surface area contributed by atoms with Crippen LogP contribution in [0.25, 0.3) is 16.6 Å². The molecule has 1 atom stereocenters. The molecule has 0 bridgehead atoms. The number of pyridine rings is 1. The molecule has 1 aliphatic heterocycles. The molecule has 5 rings (SSSR count). The largest absolute Gasteiger partial charge is 0.434 e. The van der Waals surface area contributed by atoms with Crippen LogP contribution in [0, 0.1) is 6.92 Å². The van der Waals surface area contributed by atoms with Crippen LogP contribution < -0.4 is 16.0 Å². The average Bonchev–Trinajstić information content (AvgIpc) is 3.31. The van der Waals surface area contributed by atoms with Crippen molar-refractivity contribution in [3.63, 3.8) is 0 Å². The van der Waals surface area contributed by atoms with Crippen molar-refractivity contribution in [2.45, 2.75) is 26.1 Å². The van der Waals surface area contributed by atoms with Crippen LogP contribution in [-0.4, -0.2) is 51.6 Å². The number of ether oxygens (including phenoxy) is 1. The molecule has 0 saturated carbocycles. The molecule has 1 fully saturated rings. The van der Waals surface area contributed by atoms with Crippen LogP contribution in [0.5, 0.6) is 0 Å². The highest BCUT2D eigenvalue weighted by molar-refractivity contribution is 6.29. The van der Waals surface area contributed by atoms with E-state index >= 15 is 0 Å². The molecule has 0 spiro atoms. The van der Waals surface area contributed by atoms with Crippen LogP contribution in [-0.2, 0) is 10.9 Å². The molecular formula is C24H23ClF3N7O2. The highest BCUT2D eigenvalue weighted by Gasteiger charge is 2.35. The SMILES string of the molecule is Cc1cc(C(C)Nc2ccc(Cl)nc2C(N)=O)c2nc(N3CCOCC3)n3cc(C(F)(F)F)nc3c2c1. The number of hydrogen-bond donors (Lipinski definition) is 2. The number of amides is 1. The quantitative estimate of drug-likeness (QED) is 0.367. The maximum atomic E-state index is 13.7. The van der Waals surface area contributed by atoms with E-state index in [0.717, 1.165) is 11.8 Å². The Labute approximate surface area is 214 Å². The molecule has 0 radical (unpaired) electrons. The standard InChI is InChI=1S/C24H23ClF3N7O2/c1-12-9-14(13(2)30-16-3-4-18(25)32-20(16)21(29)36)19-15(10-12)22-31-17(24(26,27)28)11-35(22)23(33-19)34-5-7-37-8-6-34/h3-4,9-11,13,30H,5-8H2,1-2H3,(H2,29,36). The lowest BCUT2D eigenvalue weighted by atomic mass is 10.0. The Kier molecular flexibility index (Phi) is 6.32. The monoisotopic (exact) mass is 533 g/mol. The number of anilines is 2. The number of primary amides is 1. The van der Waals surface area contributed by atoms with Crippen LogP contribution in [0.15, 0.2) is 30.5 Å². The van der Waals surface area contributed by atoms with Gasteiger partial charge in [-0.3, -0.25) is 9.20 Å². The lowest BCUT2D eigenvalue weighted by Crippen LogP contribution is -2.38. The van der Waals surface area contributed by atoms with Crippen LogP contribution in [0.2, 0.25) is 5.15 Å². The topological polar surface area (TPSA) is 111 Å². The highest BCUT2D eigenvalue weighted by atomic mass is 35.5. The number of carbonyl (C=O) groups is 1. The van der Waals surface area contributed by atoms with Gasteiger partial charge in [-0.05, 0) is 37.6 Å². The summed E-state index contributed by atoms with van der Waals surface area (Å²) < 4.78 is 47.8. The van der Waals surface area contributed by atoms with E-state index in [-0.39, 0.29) is 16.5 Å². The van der Waals surface area contributed by atoms with E-state index in [4.69, 9.17) is 27.1 Å². The zero-order valence-corrected chi connectivity index (χ0v) is 20.7. The molecule has 3 aromatic heterocycles. The molecule has 1 amide bonds. The van der Waals surface area contributed by atoms with Crippen LogP contribution in [0.3, 0.4) is 0 Å². The van der Waals surface area contributed by atoms with Gasteiger partial charge in [-0.25, -0.2) is 15.0 Å². The minimum absolute atomic E-state index is 0.0243. The number of fused-ring (bicyclic) bond motifs is 3. The molecule has 37 heavy (non-hydrogen) atoms. The molecule has 1 saturated heterocycles. The summed E-state index contributed by atoms with van der Waals surface area (Å²) >= 11 is 5.93. The van der Waals surface area contributed by atoms with Crippen LogP contribution >= 0.6 is 11.6 Å². The number of carbonyl (C=O) groups excluding carboxylic acids is 1. The van der Waals surface area contributed by atoms with Gasteiger partial charge >= 0.3 is 6.18 Å². The Balaban J connectivity index is 1.71. The van der Waals surface area contributed by atoms with Crippen molar-refractivity contribution in [1.82, 2.24) is 19.4 Å². The average molecular weight is 534 g/mol. The predicted molar refractivity (Wildman–Crippen MR) is 133 cm³/mol. The second-order valence-electron chi connectivity index (χ2n) is 8.84. The third-order valence-electron chi connectivity index (χ3n) is 6.18. The van der Waals surface area contributed by atoms with E-state index in [9.17, 15) is 18.0 Å². The number of aromatic nitrogens is 4. The fourth-order valence-corrected chi connectivity index (χ4v) is 4.63. The summed E-state index contributed by atoms with van der Waals surface area (Å²) in [5.74, 6) is -0.408. The summed E-state index contributed by atoms with van der Waals surface area (Å²) in [6.07, 6.45) is -3.64. The number of hydrogen-bond acceptors (Lipinski definition) is 7. The van der Waals surface area contributed by atoms with E-state index < -0.39 is 23.8 Å². The molecule has 194 valence electrons. The molecule has 1 aliphatic rings. The summed E-state index contributed by atoms with van der Waals surface area (Å²) in [4.78, 5) is 26.7. The smallest absolute Gasteiger partial charge is 0.378 e. The van der Waals surface area contributed by atoms with E-state index in [1.54, 1.807) is 12.1 Å². The second-order valence-corrected chi connectivity index (χ2v) is 9.23. The number of morpholine rings is 1. The number of aryl methyl sites for hydroxylation is 1. The molecule has 0 aliphatic carbocycles. The fourth-order valence-electron chi connectivity index (χ4n) is 4.48. The predicted octanol–water partition coefficient (Wildman–Crippen LogP) is 4.37. The van der Waals surface area contributed by atoms with Crippen molar-refractivity contribution in [2.75, 3.05) is 36.5 Å². The highest BCUT2D eigenvalue weighted by Crippen LogP contribution is 2.35. The maximum absolute atomic E-state index is 13.7. The van der Waals surface area contributed by atoms with Gasteiger partial charge in [0.1, 0.15) is 10.8 Å². The zero-order chi connectivity index (χ0) is 26.5. The molecule has 4 heterocycles. The molecule has 13 heteroatoms. The van der Waals surface area contributed by atoms with E-state index in [1.165, 1.54) is 10.5 Å². The summed E-state index contributed by atoms with van der Waals surface area (Å²) in [6, 6.07) is 6.35. The molecular weight excluding hydrogens is 511 g/mol. The normalized spacial score (nSPS) is 15.4. The van der Waals surface area contributed by atoms with Crippen molar-refractivity contribution < 1.29 is 22.7 Å². The number of rotatable bonds is 5. The zero-order valence-electron chi connectivity index (χ0n) is 19.9. The van der Waals surface area contributed by atoms with Crippen molar-refractivity contribution in [1.29, 1.82) is 0 Å². The third kappa shape index (κ3) is 4.74. The fraction of sp³-hybridized carbons (Fsp3) is 0.333. The Morgan fingerprint density at radius 1 is 1.19 bits per heavy atom.